The van der Waals surface area contributed by atoms with Gasteiger partial charge in [-0.1, -0.05) is 0 Å². The normalized spacial score (nSPS) is 12.3. The Morgan fingerprint density at radius 3 is 2.78 bits per heavy atom. The Morgan fingerprint density at radius 2 is 2.22 bits per heavy atom. The molecule has 1 aromatic heterocycles. The van der Waals surface area contributed by atoms with E-state index in [2.05, 4.69) is 20.6 Å². The highest BCUT2D eigenvalue weighted by atomic mass is 19.3. The Bertz CT molecular complexity index is 387. The minimum atomic E-state index is -2.58. The van der Waals surface area contributed by atoms with Gasteiger partial charge in [0.05, 0.1) is 0 Å². The molecule has 18 heavy (non-hydrogen) atoms. The summed E-state index contributed by atoms with van der Waals surface area (Å²) in [5.41, 5.74) is 0. The van der Waals surface area contributed by atoms with E-state index < -0.39 is 6.55 Å². The lowest BCUT2D eigenvalue weighted by Gasteiger charge is -2.14. The highest BCUT2D eigenvalue weighted by molar-refractivity contribution is 5.79. The van der Waals surface area contributed by atoms with E-state index in [1.54, 1.807) is 0 Å². The van der Waals surface area contributed by atoms with Crippen LogP contribution in [0.25, 0.3) is 0 Å². The van der Waals surface area contributed by atoms with E-state index in [-0.39, 0.29) is 18.4 Å². The summed E-state index contributed by atoms with van der Waals surface area (Å²) in [7, 11) is 0. The Kier molecular flexibility index (Phi) is 5.54. The first kappa shape index (κ1) is 14.4. The fourth-order valence-corrected chi connectivity index (χ4v) is 1.39. The second-order valence-corrected chi connectivity index (χ2v) is 4.02. The summed E-state index contributed by atoms with van der Waals surface area (Å²) < 4.78 is 26.0. The zero-order valence-corrected chi connectivity index (χ0v) is 10.8. The van der Waals surface area contributed by atoms with E-state index in [9.17, 15) is 8.78 Å². The molecule has 0 saturated heterocycles. The first-order chi connectivity index (χ1) is 8.54. The van der Waals surface area contributed by atoms with Crippen molar-refractivity contribution in [3.05, 3.63) is 18.2 Å². The van der Waals surface area contributed by atoms with Gasteiger partial charge in [0.25, 0.3) is 0 Å². The molecule has 0 aliphatic carbocycles. The zero-order chi connectivity index (χ0) is 13.5. The van der Waals surface area contributed by atoms with Gasteiger partial charge in [-0.25, -0.2) is 9.98 Å². The molecular formula is C11H19F2N5. The Morgan fingerprint density at radius 1 is 1.50 bits per heavy atom. The first-order valence-electron chi connectivity index (χ1n) is 5.89. The standard InChI is InChI=1S/C11H19F2N5/c1-4-14-11(17-8(2)3)16-7-9-15-5-6-18(9)10(12)13/h5-6,8,10H,4,7H2,1-3H3,(H2,14,16,17). The van der Waals surface area contributed by atoms with Crippen molar-refractivity contribution in [2.75, 3.05) is 6.54 Å². The molecule has 2 N–H and O–H groups in total. The number of hydrogen-bond acceptors (Lipinski definition) is 2. The molecule has 0 bridgehead atoms. The molecule has 1 aromatic rings. The van der Waals surface area contributed by atoms with E-state index in [4.69, 9.17) is 0 Å². The van der Waals surface area contributed by atoms with Crippen molar-refractivity contribution in [1.29, 1.82) is 0 Å². The highest BCUT2D eigenvalue weighted by Crippen LogP contribution is 2.12. The Hall–Kier alpha value is -1.66. The van der Waals surface area contributed by atoms with Crippen LogP contribution < -0.4 is 10.6 Å². The summed E-state index contributed by atoms with van der Waals surface area (Å²) in [4.78, 5) is 8.09. The van der Waals surface area contributed by atoms with Crippen molar-refractivity contribution in [2.45, 2.75) is 39.9 Å². The van der Waals surface area contributed by atoms with Crippen molar-refractivity contribution in [2.24, 2.45) is 4.99 Å². The minimum absolute atomic E-state index is 0.111. The van der Waals surface area contributed by atoms with Crippen LogP contribution in [0.5, 0.6) is 0 Å². The molecule has 5 nitrogen and oxygen atoms in total. The quantitative estimate of drug-likeness (QED) is 0.625. The maximum Gasteiger partial charge on any atom is 0.319 e. The largest absolute Gasteiger partial charge is 0.357 e. The van der Waals surface area contributed by atoms with Crippen molar-refractivity contribution in [3.63, 3.8) is 0 Å². The van der Waals surface area contributed by atoms with E-state index >= 15 is 0 Å². The number of aliphatic imine (C=N–C) groups is 1. The van der Waals surface area contributed by atoms with Crippen molar-refractivity contribution < 1.29 is 8.78 Å². The number of nitrogens with one attached hydrogen (secondary N) is 2. The summed E-state index contributed by atoms with van der Waals surface area (Å²) in [6.07, 6.45) is 2.60. The number of imidazole rings is 1. The third kappa shape index (κ3) is 4.31. The van der Waals surface area contributed by atoms with E-state index in [1.165, 1.54) is 12.4 Å². The number of alkyl halides is 2. The van der Waals surface area contributed by atoms with E-state index in [1.807, 2.05) is 20.8 Å². The number of aromatic nitrogens is 2. The predicted molar refractivity (Wildman–Crippen MR) is 66.6 cm³/mol. The molecule has 1 rings (SSSR count). The Labute approximate surface area is 105 Å². The number of hydrogen-bond donors (Lipinski definition) is 2. The average Bonchev–Trinajstić information content (AvgIpc) is 2.73. The van der Waals surface area contributed by atoms with E-state index in [0.717, 1.165) is 4.57 Å². The fourth-order valence-electron chi connectivity index (χ4n) is 1.39. The van der Waals surface area contributed by atoms with Crippen molar-refractivity contribution >= 4 is 5.96 Å². The first-order valence-corrected chi connectivity index (χ1v) is 5.89. The van der Waals surface area contributed by atoms with Gasteiger partial charge in [-0.05, 0) is 20.8 Å². The van der Waals surface area contributed by atoms with Crippen LogP contribution in [0.4, 0.5) is 8.78 Å². The fraction of sp³-hybridized carbons (Fsp3) is 0.636. The molecule has 102 valence electrons. The van der Waals surface area contributed by atoms with Gasteiger partial charge < -0.3 is 10.6 Å². The predicted octanol–water partition coefficient (Wildman–Crippen LogP) is 1.74. The van der Waals surface area contributed by atoms with Gasteiger partial charge in [0.2, 0.25) is 0 Å². The molecule has 7 heteroatoms. The van der Waals surface area contributed by atoms with E-state index in [0.29, 0.717) is 12.5 Å². The van der Waals surface area contributed by atoms with Gasteiger partial charge in [-0.3, -0.25) is 4.57 Å². The van der Waals surface area contributed by atoms with Crippen LogP contribution in [-0.2, 0) is 6.54 Å². The molecule has 0 aliphatic rings. The van der Waals surface area contributed by atoms with Gasteiger partial charge in [0.15, 0.2) is 5.96 Å². The van der Waals surface area contributed by atoms with Crippen LogP contribution in [-0.4, -0.2) is 28.1 Å². The third-order valence-electron chi connectivity index (χ3n) is 2.11. The molecule has 0 radical (unpaired) electrons. The van der Waals surface area contributed by atoms with Crippen molar-refractivity contribution in [1.82, 2.24) is 20.2 Å². The smallest absolute Gasteiger partial charge is 0.319 e. The lowest BCUT2D eigenvalue weighted by molar-refractivity contribution is 0.0671. The monoisotopic (exact) mass is 259 g/mol. The highest BCUT2D eigenvalue weighted by Gasteiger charge is 2.10. The zero-order valence-electron chi connectivity index (χ0n) is 10.8. The Balaban J connectivity index is 2.71. The second-order valence-electron chi connectivity index (χ2n) is 4.02. The molecule has 0 atom stereocenters. The summed E-state index contributed by atoms with van der Waals surface area (Å²) in [5.74, 6) is 0.835. The van der Waals surface area contributed by atoms with Crippen molar-refractivity contribution in [3.8, 4) is 0 Å². The lowest BCUT2D eigenvalue weighted by Crippen LogP contribution is -2.41. The van der Waals surface area contributed by atoms with Gasteiger partial charge in [0.1, 0.15) is 12.4 Å². The summed E-state index contributed by atoms with van der Waals surface area (Å²) in [5, 5.41) is 6.15. The molecule has 0 fully saturated rings. The van der Waals surface area contributed by atoms with Gasteiger partial charge >= 0.3 is 6.55 Å². The van der Waals surface area contributed by atoms with Gasteiger partial charge in [-0.2, -0.15) is 8.78 Å². The van der Waals surface area contributed by atoms with Crippen LogP contribution in [0.15, 0.2) is 17.4 Å². The minimum Gasteiger partial charge on any atom is -0.357 e. The van der Waals surface area contributed by atoms with Crippen LogP contribution in [0.3, 0.4) is 0 Å². The summed E-state index contributed by atoms with van der Waals surface area (Å²) in [6, 6.07) is 0.220. The molecule has 0 aliphatic heterocycles. The third-order valence-corrected chi connectivity index (χ3v) is 2.11. The number of rotatable bonds is 5. The molecular weight excluding hydrogens is 240 g/mol. The molecule has 0 unspecified atom stereocenters. The maximum atomic E-state index is 12.6. The molecule has 0 spiro atoms. The molecule has 0 amide bonds. The molecule has 0 aromatic carbocycles. The lowest BCUT2D eigenvalue weighted by atomic mass is 10.4. The number of halogens is 2. The van der Waals surface area contributed by atoms with Gasteiger partial charge in [0, 0.05) is 25.0 Å². The van der Waals surface area contributed by atoms with Gasteiger partial charge in [-0.15, -0.1) is 0 Å². The van der Waals surface area contributed by atoms with Crippen LogP contribution in [0, 0.1) is 0 Å². The van der Waals surface area contributed by atoms with Crippen LogP contribution >= 0.6 is 0 Å². The summed E-state index contributed by atoms with van der Waals surface area (Å²) in [6.45, 7) is 4.14. The van der Waals surface area contributed by atoms with Crippen LogP contribution in [0.1, 0.15) is 33.1 Å². The number of nitrogens with zero attached hydrogens (tertiary/aromatic N) is 3. The summed E-state index contributed by atoms with van der Waals surface area (Å²) >= 11 is 0. The second kappa shape index (κ2) is 6.93. The topological polar surface area (TPSA) is 54.2 Å². The number of guanidine groups is 1. The average molecular weight is 259 g/mol. The maximum absolute atomic E-state index is 12.6. The van der Waals surface area contributed by atoms with Crippen LogP contribution in [0.2, 0.25) is 0 Å². The molecule has 0 saturated carbocycles. The molecule has 1 heterocycles. The SMILES string of the molecule is CCNC(=NCc1nccn1C(F)F)NC(C)C.